The van der Waals surface area contributed by atoms with Gasteiger partial charge in [-0.05, 0) is 55.3 Å². The minimum Gasteiger partial charge on any atom is -0.474 e. The molecule has 0 unspecified atom stereocenters. The molecule has 6 rings (SSSR count). The molecule has 8 heteroatoms. The number of hydrogen-bond donors (Lipinski definition) is 2. The van der Waals surface area contributed by atoms with Crippen LogP contribution in [0.3, 0.4) is 0 Å². The van der Waals surface area contributed by atoms with Crippen LogP contribution in [0.2, 0.25) is 0 Å². The highest BCUT2D eigenvalue weighted by Crippen LogP contribution is 2.44. The molecule has 2 aliphatic heterocycles. The first-order valence-corrected chi connectivity index (χ1v) is 13.1. The first-order chi connectivity index (χ1) is 18.6. The minimum absolute atomic E-state index is 0.111. The third-order valence-corrected chi connectivity index (χ3v) is 7.54. The molecule has 0 aliphatic carbocycles. The Kier molecular flexibility index (Phi) is 6.82. The van der Waals surface area contributed by atoms with E-state index in [1.165, 1.54) is 18.3 Å². The van der Waals surface area contributed by atoms with Crippen LogP contribution in [-0.2, 0) is 9.47 Å². The molecule has 2 aromatic heterocycles. The predicted octanol–water partition coefficient (Wildman–Crippen LogP) is 5.86. The van der Waals surface area contributed by atoms with Crippen LogP contribution in [0.4, 0.5) is 10.1 Å². The molecular weight excluding hydrogens is 483 g/mol. The number of nitrogens with zero attached hydrogens (tertiary/aromatic N) is 2. The van der Waals surface area contributed by atoms with E-state index in [2.05, 4.69) is 15.6 Å². The fourth-order valence-corrected chi connectivity index (χ4v) is 5.60. The van der Waals surface area contributed by atoms with Crippen molar-refractivity contribution in [2.75, 3.05) is 32.2 Å². The molecule has 2 aliphatic rings. The van der Waals surface area contributed by atoms with Crippen molar-refractivity contribution >= 4 is 22.8 Å². The summed E-state index contributed by atoms with van der Waals surface area (Å²) in [6.45, 7) is 2.77. The van der Waals surface area contributed by atoms with Crippen molar-refractivity contribution in [3.05, 3.63) is 71.8 Å². The highest BCUT2D eigenvalue weighted by Gasteiger charge is 2.28. The lowest BCUT2D eigenvalue weighted by molar-refractivity contribution is 0.0237. The summed E-state index contributed by atoms with van der Waals surface area (Å²) in [5, 5.41) is 8.87. The maximum absolute atomic E-state index is 13.9. The van der Waals surface area contributed by atoms with Gasteiger partial charge in [-0.25, -0.2) is 9.37 Å². The van der Waals surface area contributed by atoms with E-state index in [1.807, 2.05) is 24.4 Å². The zero-order valence-electron chi connectivity index (χ0n) is 21.2. The summed E-state index contributed by atoms with van der Waals surface area (Å²) in [4.78, 5) is 4.68. The van der Waals surface area contributed by atoms with E-state index >= 15 is 0 Å². The molecule has 0 bridgehead atoms. The lowest BCUT2D eigenvalue weighted by Gasteiger charge is -2.26. The second-order valence-electron chi connectivity index (χ2n) is 9.92. The summed E-state index contributed by atoms with van der Waals surface area (Å²) in [5.74, 6) is 0.534. The van der Waals surface area contributed by atoms with E-state index in [-0.39, 0.29) is 17.8 Å². The van der Waals surface area contributed by atoms with Gasteiger partial charge in [-0.2, -0.15) is 0 Å². The zero-order chi connectivity index (χ0) is 26.1. The third kappa shape index (κ3) is 4.66. The minimum atomic E-state index is -0.285. The molecule has 4 heterocycles. The van der Waals surface area contributed by atoms with Crippen LogP contribution in [0.25, 0.3) is 27.7 Å². The molecule has 2 fully saturated rings. The molecule has 0 saturated carbocycles. The predicted molar refractivity (Wildman–Crippen MR) is 146 cm³/mol. The van der Waals surface area contributed by atoms with Crippen molar-refractivity contribution in [1.29, 1.82) is 5.41 Å². The quantitative estimate of drug-likeness (QED) is 0.248. The number of aromatic nitrogens is 2. The van der Waals surface area contributed by atoms with Crippen LogP contribution in [0.5, 0.6) is 5.88 Å². The maximum atomic E-state index is 13.9. The number of rotatable bonds is 6. The molecule has 0 spiro atoms. The Morgan fingerprint density at radius 3 is 2.34 bits per heavy atom. The van der Waals surface area contributed by atoms with Gasteiger partial charge in [0, 0.05) is 89.6 Å². The summed E-state index contributed by atoms with van der Waals surface area (Å²) in [6.07, 6.45) is 6.70. The lowest BCUT2D eigenvalue weighted by Crippen LogP contribution is -2.26. The fourth-order valence-electron chi connectivity index (χ4n) is 5.60. The van der Waals surface area contributed by atoms with Gasteiger partial charge in [0.15, 0.2) is 0 Å². The van der Waals surface area contributed by atoms with Gasteiger partial charge in [0.2, 0.25) is 5.88 Å². The van der Waals surface area contributed by atoms with Gasteiger partial charge in [0.25, 0.3) is 0 Å². The van der Waals surface area contributed by atoms with Gasteiger partial charge in [-0.3, -0.25) is 0 Å². The standard InChI is InChI=1S/C30H31FN4O3/c31-22-2-4-23(5-3-22)35-27-15-21(17-32)26(33)16-25(27)29(30(35)19-7-11-36-12-8-19)20-1-6-28(34-18-20)38-24-9-13-37-14-10-24/h1-6,15-19,24,32H,7-14,33H2. The Bertz CT molecular complexity index is 1440. The van der Waals surface area contributed by atoms with Gasteiger partial charge in [0.05, 0.1) is 18.7 Å². The number of nitrogens with one attached hydrogen (secondary N) is 1. The first-order valence-electron chi connectivity index (χ1n) is 13.1. The third-order valence-electron chi connectivity index (χ3n) is 7.54. The number of halogens is 1. The molecular formula is C30H31FN4O3. The van der Waals surface area contributed by atoms with Gasteiger partial charge in [-0.1, -0.05) is 0 Å². The van der Waals surface area contributed by atoms with Crippen molar-refractivity contribution in [3.8, 4) is 22.7 Å². The molecule has 2 aromatic carbocycles. The molecule has 7 nitrogen and oxygen atoms in total. The van der Waals surface area contributed by atoms with E-state index in [0.29, 0.717) is 43.6 Å². The van der Waals surface area contributed by atoms with E-state index in [4.69, 9.17) is 25.4 Å². The molecule has 3 N–H and O–H groups in total. The number of nitrogens with two attached hydrogens (primary N) is 1. The average molecular weight is 515 g/mol. The van der Waals surface area contributed by atoms with Crippen LogP contribution in [0.1, 0.15) is 42.9 Å². The van der Waals surface area contributed by atoms with Gasteiger partial charge in [-0.15, -0.1) is 0 Å². The lowest BCUT2D eigenvalue weighted by atomic mass is 9.90. The first kappa shape index (κ1) is 24.6. The summed E-state index contributed by atoms with van der Waals surface area (Å²) in [7, 11) is 0. The Morgan fingerprint density at radius 1 is 0.974 bits per heavy atom. The van der Waals surface area contributed by atoms with Crippen LogP contribution in [0, 0.1) is 11.2 Å². The SMILES string of the molecule is N=Cc1cc2c(cc1N)c(-c1ccc(OC3CCOCC3)nc1)c(C1CCOCC1)n2-c1ccc(F)cc1. The molecule has 0 atom stereocenters. The van der Waals surface area contributed by atoms with Gasteiger partial charge < -0.3 is 29.9 Å². The average Bonchev–Trinajstić information content (AvgIpc) is 3.28. The molecule has 196 valence electrons. The van der Waals surface area contributed by atoms with Crippen LogP contribution >= 0.6 is 0 Å². The van der Waals surface area contributed by atoms with Crippen LogP contribution in [-0.4, -0.2) is 48.3 Å². The smallest absolute Gasteiger partial charge is 0.213 e. The fraction of sp³-hybridized carbons (Fsp3) is 0.333. The van der Waals surface area contributed by atoms with Crippen molar-refractivity contribution in [2.45, 2.75) is 37.7 Å². The van der Waals surface area contributed by atoms with E-state index in [0.717, 1.165) is 59.1 Å². The maximum Gasteiger partial charge on any atom is 0.213 e. The summed E-state index contributed by atoms with van der Waals surface area (Å²) >= 11 is 0. The zero-order valence-corrected chi connectivity index (χ0v) is 21.2. The highest BCUT2D eigenvalue weighted by molar-refractivity contribution is 6.04. The topological polar surface area (TPSA) is 95.4 Å². The number of nitrogen functional groups attached to an aromatic ring is 1. The Hall–Kier alpha value is -3.75. The molecule has 0 amide bonds. The largest absolute Gasteiger partial charge is 0.474 e. The number of ether oxygens (including phenoxy) is 3. The van der Waals surface area contributed by atoms with E-state index in [9.17, 15) is 4.39 Å². The highest BCUT2D eigenvalue weighted by atomic mass is 19.1. The van der Waals surface area contributed by atoms with Crippen molar-refractivity contribution in [1.82, 2.24) is 9.55 Å². The Balaban J connectivity index is 1.54. The summed E-state index contributed by atoms with van der Waals surface area (Å²) in [5.41, 5.74) is 12.5. The summed E-state index contributed by atoms with van der Waals surface area (Å²) < 4.78 is 33.4. The number of fused-ring (bicyclic) bond motifs is 1. The van der Waals surface area contributed by atoms with Crippen molar-refractivity contribution in [2.24, 2.45) is 0 Å². The Labute approximate surface area is 220 Å². The van der Waals surface area contributed by atoms with Gasteiger partial charge >= 0.3 is 0 Å². The molecule has 4 aromatic rings. The van der Waals surface area contributed by atoms with Crippen molar-refractivity contribution < 1.29 is 18.6 Å². The van der Waals surface area contributed by atoms with Gasteiger partial charge in [0.1, 0.15) is 11.9 Å². The number of benzene rings is 2. The normalized spacial score (nSPS) is 17.1. The molecule has 2 saturated heterocycles. The number of anilines is 1. The van der Waals surface area contributed by atoms with Crippen LogP contribution < -0.4 is 10.5 Å². The van der Waals surface area contributed by atoms with Crippen molar-refractivity contribution in [3.63, 3.8) is 0 Å². The number of hydrogen-bond acceptors (Lipinski definition) is 6. The molecule has 0 radical (unpaired) electrons. The monoisotopic (exact) mass is 514 g/mol. The Morgan fingerprint density at radius 2 is 1.68 bits per heavy atom. The second-order valence-corrected chi connectivity index (χ2v) is 9.92. The second kappa shape index (κ2) is 10.6. The van der Waals surface area contributed by atoms with Crippen LogP contribution in [0.15, 0.2) is 54.7 Å². The molecule has 38 heavy (non-hydrogen) atoms. The number of pyridine rings is 1. The summed E-state index contributed by atoms with van der Waals surface area (Å²) in [6, 6.07) is 14.4. The van der Waals surface area contributed by atoms with E-state index in [1.54, 1.807) is 12.1 Å². The van der Waals surface area contributed by atoms with E-state index < -0.39 is 0 Å².